The van der Waals surface area contributed by atoms with Gasteiger partial charge in [-0.1, -0.05) is 98.4 Å². The van der Waals surface area contributed by atoms with E-state index >= 15 is 0 Å². The van der Waals surface area contributed by atoms with E-state index in [0.717, 1.165) is 9.63 Å². The summed E-state index contributed by atoms with van der Waals surface area (Å²) in [5.74, 6) is 0. The zero-order valence-corrected chi connectivity index (χ0v) is 28.6. The van der Waals surface area contributed by atoms with Gasteiger partial charge >= 0.3 is 62.4 Å². The number of rotatable bonds is 1. The summed E-state index contributed by atoms with van der Waals surface area (Å²) in [4.78, 5) is -0.247. The Hall–Kier alpha value is -0.877. The van der Waals surface area contributed by atoms with Crippen LogP contribution in [0.3, 0.4) is 0 Å². The molecular weight excluding hydrogens is 571 g/mol. The minimum absolute atomic E-state index is 0.167. The number of hydrogen-bond donors (Lipinski definition) is 0. The number of alkyl halides is 2. The van der Waals surface area contributed by atoms with E-state index in [1.807, 2.05) is 6.92 Å². The van der Waals surface area contributed by atoms with Gasteiger partial charge in [0.15, 0.2) is 0 Å². The van der Waals surface area contributed by atoms with Gasteiger partial charge in [-0.2, -0.15) is 47.0 Å². The molecule has 3 aromatic rings. The topological polar surface area (TPSA) is 0 Å². The molecule has 0 spiro atoms. The maximum atomic E-state index is 5.36. The standard InChI is InChI=1S/C21H25.C10H15.C3H4Cl2.Zr/c1-20(2,3)16-7-9-18-14(12-16)11-15-13-17(21(4,5)6)8-10-19(15)18;1-8-5-6-9(7-8)10(2,3)4;1-2-3(4)5;/h7-10,12H,11H2,1-6H3;5-7H,1-4H3;3H,1H3;/q2*-1;;+2. The van der Waals surface area contributed by atoms with Gasteiger partial charge in [-0.05, 0) is 28.4 Å². The zero-order chi connectivity index (χ0) is 28.3. The molecule has 0 heterocycles. The van der Waals surface area contributed by atoms with E-state index in [9.17, 15) is 0 Å². The molecule has 0 bridgehead atoms. The molecule has 0 nitrogen and oxygen atoms in total. The summed E-state index contributed by atoms with van der Waals surface area (Å²) in [6.45, 7) is 24.4. The summed E-state index contributed by atoms with van der Waals surface area (Å²) < 4.78 is 1.13. The van der Waals surface area contributed by atoms with Gasteiger partial charge < -0.3 is 0 Å². The molecule has 1 aliphatic rings. The molecule has 0 fully saturated rings. The van der Waals surface area contributed by atoms with Crippen LogP contribution in [0.1, 0.15) is 103 Å². The van der Waals surface area contributed by atoms with Gasteiger partial charge in [0.05, 0.1) is 0 Å². The van der Waals surface area contributed by atoms with Gasteiger partial charge in [-0.15, -0.1) is 11.1 Å². The summed E-state index contributed by atoms with van der Waals surface area (Å²) in [7, 11) is 0. The molecule has 37 heavy (non-hydrogen) atoms. The molecule has 1 aliphatic carbocycles. The SMILES string of the molecule is CC(C)(C)c1[c-]c2c(cc1)-c1ccc(C(C)(C)C)cc1C2.C[C](=[Zr+2])C(Cl)Cl.Cc1cc(C(C)(C)C)c[cH-]1. The Morgan fingerprint density at radius 3 is 1.78 bits per heavy atom. The van der Waals surface area contributed by atoms with Gasteiger partial charge in [0, 0.05) is 0 Å². The van der Waals surface area contributed by atoms with Crippen LogP contribution in [0.15, 0.2) is 48.5 Å². The third kappa shape index (κ3) is 9.37. The van der Waals surface area contributed by atoms with E-state index in [-0.39, 0.29) is 15.7 Å². The Kier molecular flexibility index (Phi) is 11.0. The fourth-order valence-electron chi connectivity index (χ4n) is 4.06. The Labute approximate surface area is 251 Å². The van der Waals surface area contributed by atoms with Gasteiger partial charge in [-0.25, -0.2) is 6.07 Å². The van der Waals surface area contributed by atoms with Crippen molar-refractivity contribution in [2.24, 2.45) is 0 Å². The van der Waals surface area contributed by atoms with Crippen molar-refractivity contribution in [1.29, 1.82) is 0 Å². The molecule has 0 aliphatic heterocycles. The smallest absolute Gasteiger partial charge is 0.0635 e. The molecule has 0 atom stereocenters. The second kappa shape index (κ2) is 12.5. The Bertz CT molecular complexity index is 1150. The molecule has 3 aromatic carbocycles. The Balaban J connectivity index is 0.000000249. The molecule has 0 radical (unpaired) electrons. The molecule has 198 valence electrons. The van der Waals surface area contributed by atoms with E-state index < -0.39 is 0 Å². The third-order valence-electron chi connectivity index (χ3n) is 6.57. The summed E-state index contributed by atoms with van der Waals surface area (Å²) in [6, 6.07) is 21.8. The molecule has 0 saturated heterocycles. The molecule has 4 rings (SSSR count). The third-order valence-corrected chi connectivity index (χ3v) is 8.83. The first-order valence-corrected chi connectivity index (χ1v) is 15.2. The maximum absolute atomic E-state index is 5.36. The number of hydrogen-bond acceptors (Lipinski definition) is 0. The first-order chi connectivity index (χ1) is 16.8. The molecule has 0 amide bonds. The minimum atomic E-state index is -0.247. The number of fused-ring (bicyclic) bond motifs is 3. The van der Waals surface area contributed by atoms with Crippen molar-refractivity contribution < 1.29 is 24.2 Å². The second-order valence-electron chi connectivity index (χ2n) is 13.2. The molecule has 0 aromatic heterocycles. The summed E-state index contributed by atoms with van der Waals surface area (Å²) in [5.41, 5.74) is 11.8. The first-order valence-electron chi connectivity index (χ1n) is 13.1. The van der Waals surface area contributed by atoms with Crippen LogP contribution in [0.2, 0.25) is 0 Å². The molecule has 0 unspecified atom stereocenters. The van der Waals surface area contributed by atoms with Crippen LogP contribution in [0.4, 0.5) is 0 Å². The van der Waals surface area contributed by atoms with Crippen LogP contribution in [0.5, 0.6) is 0 Å². The second-order valence-corrected chi connectivity index (χ2v) is 16.3. The van der Waals surface area contributed by atoms with Crippen LogP contribution in [-0.4, -0.2) is 8.04 Å². The van der Waals surface area contributed by atoms with Crippen molar-refractivity contribution in [3.8, 4) is 11.1 Å². The maximum Gasteiger partial charge on any atom is -0.0635 e. The number of aryl methyl sites for hydroxylation is 1. The monoisotopic (exact) mass is 612 g/mol. The van der Waals surface area contributed by atoms with Crippen LogP contribution >= 0.6 is 23.2 Å². The summed E-state index contributed by atoms with van der Waals surface area (Å²) in [5, 5.41) is 0. The van der Waals surface area contributed by atoms with E-state index in [2.05, 4.69) is 124 Å². The fourth-order valence-corrected chi connectivity index (χ4v) is 4.06. The van der Waals surface area contributed by atoms with Crippen molar-refractivity contribution >= 4 is 26.4 Å². The van der Waals surface area contributed by atoms with Crippen molar-refractivity contribution in [3.05, 3.63) is 88.0 Å². The number of halogens is 2. The van der Waals surface area contributed by atoms with Gasteiger partial charge in [-0.3, -0.25) is 0 Å². The van der Waals surface area contributed by atoms with Gasteiger partial charge in [0.25, 0.3) is 0 Å². The van der Waals surface area contributed by atoms with Crippen LogP contribution in [0.25, 0.3) is 11.1 Å². The van der Waals surface area contributed by atoms with Crippen LogP contribution in [-0.2, 0) is 46.9 Å². The van der Waals surface area contributed by atoms with Gasteiger partial charge in [0.1, 0.15) is 0 Å². The van der Waals surface area contributed by atoms with Crippen molar-refractivity contribution in [2.45, 2.75) is 104 Å². The predicted octanol–water partition coefficient (Wildman–Crippen LogP) is 10.2. The van der Waals surface area contributed by atoms with E-state index in [1.54, 1.807) is 0 Å². The largest absolute Gasteiger partial charge is 0.207 e. The summed E-state index contributed by atoms with van der Waals surface area (Å²) in [6.07, 6.45) is 1.03. The van der Waals surface area contributed by atoms with Crippen LogP contribution < -0.4 is 0 Å². The Morgan fingerprint density at radius 1 is 0.838 bits per heavy atom. The fraction of sp³-hybridized carbons (Fsp3) is 0.471. The average Bonchev–Trinajstić information content (AvgIpc) is 3.35. The Morgan fingerprint density at radius 2 is 1.38 bits per heavy atom. The van der Waals surface area contributed by atoms with Crippen molar-refractivity contribution in [1.82, 2.24) is 0 Å². The van der Waals surface area contributed by atoms with E-state index in [4.69, 9.17) is 23.2 Å². The molecule has 3 heteroatoms. The molecule has 0 N–H and O–H groups in total. The van der Waals surface area contributed by atoms with E-state index in [0.29, 0.717) is 5.41 Å². The number of benzene rings is 2. The van der Waals surface area contributed by atoms with E-state index in [1.165, 1.54) is 68.7 Å². The minimum Gasteiger partial charge on any atom is -0.207 e. The van der Waals surface area contributed by atoms with Crippen LogP contribution in [0, 0.1) is 13.0 Å². The zero-order valence-electron chi connectivity index (χ0n) is 24.7. The average molecular weight is 615 g/mol. The summed E-state index contributed by atoms with van der Waals surface area (Å²) >= 11 is 12.0. The molecular formula is C34H44Cl2Zr. The quantitative estimate of drug-likeness (QED) is 0.148. The van der Waals surface area contributed by atoms with Gasteiger partial charge in [0.2, 0.25) is 0 Å². The first kappa shape index (κ1) is 32.3. The molecule has 0 saturated carbocycles. The van der Waals surface area contributed by atoms with Crippen molar-refractivity contribution in [3.63, 3.8) is 0 Å². The van der Waals surface area contributed by atoms with Crippen molar-refractivity contribution in [2.75, 3.05) is 0 Å². The predicted molar refractivity (Wildman–Crippen MR) is 163 cm³/mol. The normalized spacial score (nSPS) is 12.8.